The molecule has 3 aromatic carbocycles. The molecule has 1 amide bonds. The van der Waals surface area contributed by atoms with Gasteiger partial charge in [0.05, 0.1) is 5.69 Å². The van der Waals surface area contributed by atoms with Gasteiger partial charge in [-0.2, -0.15) is 0 Å². The number of hydrogen-bond acceptors (Lipinski definition) is 4. The van der Waals surface area contributed by atoms with Crippen LogP contribution < -0.4 is 9.64 Å². The number of hydrogen-bond donors (Lipinski definition) is 1. The van der Waals surface area contributed by atoms with Gasteiger partial charge in [0, 0.05) is 31.6 Å². The van der Waals surface area contributed by atoms with Crippen LogP contribution in [0.3, 0.4) is 0 Å². The Hall–Kier alpha value is -3.21. The summed E-state index contributed by atoms with van der Waals surface area (Å²) >= 11 is 0. The lowest BCUT2D eigenvalue weighted by molar-refractivity contribution is -0.133. The van der Waals surface area contributed by atoms with Gasteiger partial charge in [0.15, 0.2) is 6.61 Å². The highest BCUT2D eigenvalue weighted by Crippen LogP contribution is 2.27. The van der Waals surface area contributed by atoms with Crippen molar-refractivity contribution in [1.29, 1.82) is 0 Å². The molecule has 0 bridgehead atoms. The second kappa shape index (κ2) is 7.58. The Morgan fingerprint density at radius 1 is 0.889 bits per heavy atom. The highest BCUT2D eigenvalue weighted by atomic mass is 16.5. The smallest absolute Gasteiger partial charge is 0.260 e. The third-order valence-electron chi connectivity index (χ3n) is 4.96. The standard InChI is InChI=1S/C22H22N2O3/c25-20-10-4-3-9-19(20)23-12-14-24(15-13-23)22(26)16-27-21-11-5-7-17-6-1-2-8-18(17)21/h1-11,25H,12-16H2. The number of fused-ring (bicyclic) bond motifs is 1. The molecule has 5 nitrogen and oxygen atoms in total. The highest BCUT2D eigenvalue weighted by Gasteiger charge is 2.22. The zero-order chi connectivity index (χ0) is 18.6. The summed E-state index contributed by atoms with van der Waals surface area (Å²) in [5.74, 6) is 0.991. The van der Waals surface area contributed by atoms with Gasteiger partial charge in [0.1, 0.15) is 11.5 Å². The molecule has 0 aliphatic carbocycles. The van der Waals surface area contributed by atoms with E-state index in [9.17, 15) is 9.90 Å². The number of nitrogens with zero attached hydrogens (tertiary/aromatic N) is 2. The predicted molar refractivity (Wildman–Crippen MR) is 106 cm³/mol. The van der Waals surface area contributed by atoms with Crippen LogP contribution in [0, 0.1) is 0 Å². The van der Waals surface area contributed by atoms with E-state index < -0.39 is 0 Å². The minimum atomic E-state index is -0.0140. The summed E-state index contributed by atoms with van der Waals surface area (Å²) in [5, 5.41) is 12.1. The molecule has 27 heavy (non-hydrogen) atoms. The molecule has 0 aromatic heterocycles. The topological polar surface area (TPSA) is 53.0 Å². The number of ether oxygens (including phenoxy) is 1. The molecular formula is C22H22N2O3. The number of carbonyl (C=O) groups excluding carboxylic acids is 1. The Balaban J connectivity index is 1.35. The Morgan fingerprint density at radius 3 is 2.41 bits per heavy atom. The Bertz CT molecular complexity index is 944. The lowest BCUT2D eigenvalue weighted by Gasteiger charge is -2.36. The van der Waals surface area contributed by atoms with Gasteiger partial charge < -0.3 is 19.6 Å². The molecule has 1 aliphatic rings. The molecule has 0 spiro atoms. The van der Waals surface area contributed by atoms with E-state index in [1.54, 1.807) is 6.07 Å². The second-order valence-corrected chi connectivity index (χ2v) is 6.62. The maximum absolute atomic E-state index is 12.6. The molecular weight excluding hydrogens is 340 g/mol. The Morgan fingerprint density at radius 2 is 1.59 bits per heavy atom. The van der Waals surface area contributed by atoms with Crippen molar-refractivity contribution in [2.45, 2.75) is 0 Å². The number of anilines is 1. The van der Waals surface area contributed by atoms with Gasteiger partial charge in [-0.3, -0.25) is 4.79 Å². The molecule has 1 saturated heterocycles. The minimum absolute atomic E-state index is 0.0140. The third-order valence-corrected chi connectivity index (χ3v) is 4.96. The van der Waals surface area contributed by atoms with Crippen LogP contribution >= 0.6 is 0 Å². The van der Waals surface area contributed by atoms with Crippen LogP contribution in [0.4, 0.5) is 5.69 Å². The normalized spacial score (nSPS) is 14.4. The largest absolute Gasteiger partial charge is 0.506 e. The van der Waals surface area contributed by atoms with Gasteiger partial charge in [-0.15, -0.1) is 0 Å². The second-order valence-electron chi connectivity index (χ2n) is 6.62. The summed E-state index contributed by atoms with van der Waals surface area (Å²) in [6.07, 6.45) is 0. The van der Waals surface area contributed by atoms with Gasteiger partial charge in [-0.05, 0) is 23.6 Å². The molecule has 5 heteroatoms. The van der Waals surface area contributed by atoms with E-state index in [0.717, 1.165) is 22.2 Å². The van der Waals surface area contributed by atoms with E-state index in [1.165, 1.54) is 0 Å². The van der Waals surface area contributed by atoms with Crippen LogP contribution in [0.2, 0.25) is 0 Å². The van der Waals surface area contributed by atoms with E-state index in [1.807, 2.05) is 65.6 Å². The van der Waals surface area contributed by atoms with Crippen molar-refractivity contribution in [3.8, 4) is 11.5 Å². The first kappa shape index (κ1) is 17.2. The van der Waals surface area contributed by atoms with Crippen LogP contribution in [-0.2, 0) is 4.79 Å². The van der Waals surface area contributed by atoms with Gasteiger partial charge in [-0.1, -0.05) is 48.5 Å². The maximum atomic E-state index is 12.6. The van der Waals surface area contributed by atoms with Crippen molar-refractivity contribution in [3.63, 3.8) is 0 Å². The van der Waals surface area contributed by atoms with Crippen LogP contribution in [-0.4, -0.2) is 48.7 Å². The highest BCUT2D eigenvalue weighted by molar-refractivity contribution is 5.88. The molecule has 0 unspecified atom stereocenters. The first-order valence-corrected chi connectivity index (χ1v) is 9.13. The quantitative estimate of drug-likeness (QED) is 0.774. The number of piperazine rings is 1. The number of amides is 1. The van der Waals surface area contributed by atoms with Crippen molar-refractivity contribution in [2.24, 2.45) is 0 Å². The summed E-state index contributed by atoms with van der Waals surface area (Å²) in [6.45, 7) is 2.65. The van der Waals surface area contributed by atoms with Gasteiger partial charge in [0.2, 0.25) is 0 Å². The monoisotopic (exact) mass is 362 g/mol. The first-order valence-electron chi connectivity index (χ1n) is 9.13. The lowest BCUT2D eigenvalue weighted by Crippen LogP contribution is -2.50. The molecule has 0 saturated carbocycles. The fourth-order valence-electron chi connectivity index (χ4n) is 3.48. The molecule has 0 atom stereocenters. The lowest BCUT2D eigenvalue weighted by atomic mass is 10.1. The molecule has 0 radical (unpaired) electrons. The summed E-state index contributed by atoms with van der Waals surface area (Å²) in [7, 11) is 0. The van der Waals surface area contributed by atoms with Crippen LogP contribution in [0.5, 0.6) is 11.5 Å². The Kier molecular flexibility index (Phi) is 4.83. The SMILES string of the molecule is O=C(COc1cccc2ccccc12)N1CCN(c2ccccc2O)CC1. The zero-order valence-corrected chi connectivity index (χ0v) is 15.0. The van der Waals surface area contributed by atoms with Gasteiger partial charge >= 0.3 is 0 Å². The minimum Gasteiger partial charge on any atom is -0.506 e. The zero-order valence-electron chi connectivity index (χ0n) is 15.0. The molecule has 138 valence electrons. The third kappa shape index (κ3) is 3.67. The number of aromatic hydroxyl groups is 1. The summed E-state index contributed by atoms with van der Waals surface area (Å²) in [6, 6.07) is 21.1. The predicted octanol–water partition coefficient (Wildman–Crippen LogP) is 3.27. The fraction of sp³-hybridized carbons (Fsp3) is 0.227. The van der Waals surface area contributed by atoms with Crippen LogP contribution in [0.25, 0.3) is 10.8 Å². The van der Waals surface area contributed by atoms with Crippen molar-refractivity contribution in [1.82, 2.24) is 4.90 Å². The van der Waals surface area contributed by atoms with Gasteiger partial charge in [0.25, 0.3) is 5.91 Å². The summed E-state index contributed by atoms with van der Waals surface area (Å²) < 4.78 is 5.82. The van der Waals surface area contributed by atoms with E-state index >= 15 is 0 Å². The molecule has 1 aliphatic heterocycles. The molecule has 3 aromatic rings. The van der Waals surface area contributed by atoms with E-state index in [2.05, 4.69) is 4.90 Å². The number of benzene rings is 3. The number of carbonyl (C=O) groups is 1. The number of phenolic OH excluding ortho intramolecular Hbond substituents is 1. The van der Waals surface area contributed by atoms with Crippen LogP contribution in [0.15, 0.2) is 66.7 Å². The Labute approximate surface area is 158 Å². The van der Waals surface area contributed by atoms with E-state index in [0.29, 0.717) is 26.2 Å². The fourth-order valence-corrected chi connectivity index (χ4v) is 3.48. The van der Waals surface area contributed by atoms with Gasteiger partial charge in [-0.25, -0.2) is 0 Å². The summed E-state index contributed by atoms with van der Waals surface area (Å²) in [5.41, 5.74) is 0.816. The van der Waals surface area contributed by atoms with E-state index in [-0.39, 0.29) is 18.3 Å². The summed E-state index contributed by atoms with van der Waals surface area (Å²) in [4.78, 5) is 16.5. The first-order chi connectivity index (χ1) is 13.2. The number of para-hydroxylation sites is 2. The van der Waals surface area contributed by atoms with Crippen molar-refractivity contribution in [3.05, 3.63) is 66.7 Å². The van der Waals surface area contributed by atoms with Crippen LogP contribution in [0.1, 0.15) is 0 Å². The average molecular weight is 362 g/mol. The van der Waals surface area contributed by atoms with Crippen molar-refractivity contribution >= 4 is 22.4 Å². The van der Waals surface area contributed by atoms with Crippen molar-refractivity contribution < 1.29 is 14.6 Å². The average Bonchev–Trinajstić information content (AvgIpc) is 2.72. The van der Waals surface area contributed by atoms with Crippen molar-refractivity contribution in [2.75, 3.05) is 37.7 Å². The molecule has 1 heterocycles. The molecule has 1 N–H and O–H groups in total. The number of phenols is 1. The van der Waals surface area contributed by atoms with E-state index in [4.69, 9.17) is 4.74 Å². The molecule has 1 fully saturated rings. The molecule has 4 rings (SSSR count). The number of rotatable bonds is 4. The maximum Gasteiger partial charge on any atom is 0.260 e.